The summed E-state index contributed by atoms with van der Waals surface area (Å²) in [6.07, 6.45) is 3.26. The van der Waals surface area contributed by atoms with Gasteiger partial charge in [0.15, 0.2) is 0 Å². The lowest BCUT2D eigenvalue weighted by atomic mass is 10.1. The molecule has 20 heavy (non-hydrogen) atoms. The van der Waals surface area contributed by atoms with Crippen molar-refractivity contribution in [3.63, 3.8) is 0 Å². The standard InChI is InChI=1S/C13H9NO3S3/c1-20(17)9-5-4-8(18-9)10-7-3-2-6-14-12(7)19-11(10)13(15)16/h2-6H,1H3,(H,15,16). The number of hydrogen-bond donors (Lipinski definition) is 1. The van der Waals surface area contributed by atoms with E-state index in [1.807, 2.05) is 12.1 Å². The average Bonchev–Trinajstić information content (AvgIpc) is 3.02. The average molecular weight is 323 g/mol. The van der Waals surface area contributed by atoms with Gasteiger partial charge in [0.25, 0.3) is 0 Å². The zero-order chi connectivity index (χ0) is 14.3. The van der Waals surface area contributed by atoms with Gasteiger partial charge in [0, 0.05) is 28.3 Å². The molecule has 0 aliphatic carbocycles. The van der Waals surface area contributed by atoms with Crippen molar-refractivity contribution in [3.05, 3.63) is 35.3 Å². The number of aromatic carboxylic acids is 1. The van der Waals surface area contributed by atoms with E-state index >= 15 is 0 Å². The molecule has 0 saturated carbocycles. The Morgan fingerprint density at radius 1 is 1.30 bits per heavy atom. The van der Waals surface area contributed by atoms with E-state index in [0.29, 0.717) is 10.4 Å². The highest BCUT2D eigenvalue weighted by Crippen LogP contribution is 2.41. The number of rotatable bonds is 3. The van der Waals surface area contributed by atoms with E-state index in [-0.39, 0.29) is 4.88 Å². The summed E-state index contributed by atoms with van der Waals surface area (Å²) in [5, 5.41) is 10.2. The molecule has 0 amide bonds. The van der Waals surface area contributed by atoms with Crippen LogP contribution in [0.5, 0.6) is 0 Å². The molecule has 1 unspecified atom stereocenters. The molecule has 0 aromatic carbocycles. The molecule has 7 heteroatoms. The lowest BCUT2D eigenvalue weighted by Crippen LogP contribution is -1.93. The van der Waals surface area contributed by atoms with Crippen molar-refractivity contribution in [2.75, 3.05) is 6.26 Å². The van der Waals surface area contributed by atoms with Crippen LogP contribution in [0.1, 0.15) is 9.67 Å². The largest absolute Gasteiger partial charge is 0.477 e. The molecule has 3 rings (SSSR count). The Morgan fingerprint density at radius 2 is 2.10 bits per heavy atom. The third-order valence-corrected chi connectivity index (χ3v) is 6.43. The lowest BCUT2D eigenvalue weighted by molar-refractivity contribution is 0.0703. The Kier molecular flexibility index (Phi) is 3.41. The second kappa shape index (κ2) is 5.08. The SMILES string of the molecule is CS(=O)c1ccc(-c2c(C(=O)O)sc3ncccc23)s1. The molecule has 4 nitrogen and oxygen atoms in total. The molecule has 0 radical (unpaired) electrons. The third-order valence-electron chi connectivity index (χ3n) is 2.77. The summed E-state index contributed by atoms with van der Waals surface area (Å²) in [7, 11) is -1.06. The predicted octanol–water partition coefficient (Wildman–Crippen LogP) is 3.46. The molecule has 0 aliphatic rings. The first-order chi connectivity index (χ1) is 9.58. The lowest BCUT2D eigenvalue weighted by Gasteiger charge is -1.97. The number of pyridine rings is 1. The van der Waals surface area contributed by atoms with E-state index in [1.165, 1.54) is 11.3 Å². The maximum atomic E-state index is 11.5. The van der Waals surface area contributed by atoms with Crippen molar-refractivity contribution in [2.45, 2.75) is 4.21 Å². The summed E-state index contributed by atoms with van der Waals surface area (Å²) in [5.74, 6) is -0.962. The van der Waals surface area contributed by atoms with Crippen molar-refractivity contribution >= 4 is 49.7 Å². The number of hydrogen-bond acceptors (Lipinski definition) is 5. The van der Waals surface area contributed by atoms with E-state index in [1.54, 1.807) is 24.6 Å². The van der Waals surface area contributed by atoms with Crippen LogP contribution in [0.25, 0.3) is 20.7 Å². The van der Waals surface area contributed by atoms with E-state index < -0.39 is 16.8 Å². The quantitative estimate of drug-likeness (QED) is 0.801. The molecule has 3 aromatic heterocycles. The van der Waals surface area contributed by atoms with Gasteiger partial charge >= 0.3 is 5.97 Å². The molecule has 0 bridgehead atoms. The molecular weight excluding hydrogens is 314 g/mol. The fourth-order valence-electron chi connectivity index (χ4n) is 1.94. The van der Waals surface area contributed by atoms with Crippen molar-refractivity contribution in [1.82, 2.24) is 4.98 Å². The maximum absolute atomic E-state index is 11.5. The van der Waals surface area contributed by atoms with E-state index in [9.17, 15) is 14.1 Å². The maximum Gasteiger partial charge on any atom is 0.346 e. The van der Waals surface area contributed by atoms with Crippen molar-refractivity contribution in [2.24, 2.45) is 0 Å². The molecule has 0 aliphatic heterocycles. The fraction of sp³-hybridized carbons (Fsp3) is 0.0769. The number of carboxylic acids is 1. The number of thiophene rings is 2. The molecule has 102 valence electrons. The minimum Gasteiger partial charge on any atom is -0.477 e. The first-order valence-electron chi connectivity index (χ1n) is 5.62. The number of carbonyl (C=O) groups is 1. The Balaban J connectivity index is 2.29. The van der Waals surface area contributed by atoms with Crippen molar-refractivity contribution in [1.29, 1.82) is 0 Å². The first-order valence-corrected chi connectivity index (χ1v) is 8.81. The second-order valence-electron chi connectivity index (χ2n) is 4.04. The van der Waals surface area contributed by atoms with Crippen LogP contribution in [0, 0.1) is 0 Å². The monoisotopic (exact) mass is 323 g/mol. The van der Waals surface area contributed by atoms with Gasteiger partial charge in [0.05, 0.1) is 15.0 Å². The minimum atomic E-state index is -1.06. The zero-order valence-electron chi connectivity index (χ0n) is 10.3. The Hall–Kier alpha value is -1.57. The number of carboxylic acid groups (broad SMARTS) is 1. The van der Waals surface area contributed by atoms with Crippen LogP contribution in [0.2, 0.25) is 0 Å². The van der Waals surface area contributed by atoms with Crippen LogP contribution in [0.15, 0.2) is 34.7 Å². The van der Waals surface area contributed by atoms with E-state index in [2.05, 4.69) is 4.98 Å². The van der Waals surface area contributed by atoms with Crippen LogP contribution in [0.4, 0.5) is 0 Å². The molecule has 0 fully saturated rings. The minimum absolute atomic E-state index is 0.272. The van der Waals surface area contributed by atoms with Crippen molar-refractivity contribution < 1.29 is 14.1 Å². The summed E-state index contributed by atoms with van der Waals surface area (Å²) in [4.78, 5) is 17.4. The van der Waals surface area contributed by atoms with Gasteiger partial charge in [-0.3, -0.25) is 4.21 Å². The van der Waals surface area contributed by atoms with Gasteiger partial charge in [-0.15, -0.1) is 22.7 Å². The Bertz CT molecular complexity index is 834. The Labute approximate surface area is 125 Å². The predicted molar refractivity (Wildman–Crippen MR) is 82.2 cm³/mol. The van der Waals surface area contributed by atoms with Gasteiger partial charge in [-0.2, -0.15) is 0 Å². The van der Waals surface area contributed by atoms with Gasteiger partial charge in [-0.1, -0.05) is 0 Å². The highest BCUT2D eigenvalue weighted by molar-refractivity contribution is 7.86. The van der Waals surface area contributed by atoms with Crippen LogP contribution < -0.4 is 0 Å². The van der Waals surface area contributed by atoms with E-state index in [4.69, 9.17) is 0 Å². The summed E-state index contributed by atoms with van der Waals surface area (Å²) in [6, 6.07) is 7.25. The fourth-order valence-corrected chi connectivity index (χ4v) is 4.80. The van der Waals surface area contributed by atoms with Gasteiger partial charge in [-0.05, 0) is 24.3 Å². The molecule has 0 spiro atoms. The summed E-state index contributed by atoms with van der Waals surface area (Å²) in [6.45, 7) is 0. The summed E-state index contributed by atoms with van der Waals surface area (Å²) in [5.41, 5.74) is 0.673. The van der Waals surface area contributed by atoms with E-state index in [0.717, 1.165) is 25.8 Å². The van der Waals surface area contributed by atoms with Gasteiger partial charge in [0.1, 0.15) is 9.71 Å². The van der Waals surface area contributed by atoms with Crippen LogP contribution in [-0.4, -0.2) is 26.5 Å². The normalized spacial score (nSPS) is 12.7. The summed E-state index contributed by atoms with van der Waals surface area (Å²) < 4.78 is 12.2. The first kappa shape index (κ1) is 13.4. The van der Waals surface area contributed by atoms with Gasteiger partial charge < -0.3 is 5.11 Å². The van der Waals surface area contributed by atoms with Crippen LogP contribution in [-0.2, 0) is 10.8 Å². The Morgan fingerprint density at radius 3 is 2.75 bits per heavy atom. The summed E-state index contributed by atoms with van der Waals surface area (Å²) >= 11 is 2.53. The number of aromatic nitrogens is 1. The molecule has 0 saturated heterocycles. The highest BCUT2D eigenvalue weighted by atomic mass is 32.2. The number of fused-ring (bicyclic) bond motifs is 1. The third kappa shape index (κ3) is 2.17. The molecule has 1 atom stereocenters. The molecule has 1 N–H and O–H groups in total. The van der Waals surface area contributed by atoms with Crippen LogP contribution in [0.3, 0.4) is 0 Å². The van der Waals surface area contributed by atoms with Crippen molar-refractivity contribution in [3.8, 4) is 10.4 Å². The smallest absolute Gasteiger partial charge is 0.346 e. The topological polar surface area (TPSA) is 67.3 Å². The van der Waals surface area contributed by atoms with Gasteiger partial charge in [-0.25, -0.2) is 9.78 Å². The van der Waals surface area contributed by atoms with Crippen LogP contribution >= 0.6 is 22.7 Å². The second-order valence-corrected chi connectivity index (χ2v) is 7.73. The molecule has 3 heterocycles. The number of nitrogens with zero attached hydrogens (tertiary/aromatic N) is 1. The van der Waals surface area contributed by atoms with Gasteiger partial charge in [0.2, 0.25) is 0 Å². The highest BCUT2D eigenvalue weighted by Gasteiger charge is 2.21. The molecule has 3 aromatic rings. The zero-order valence-corrected chi connectivity index (χ0v) is 12.8. The molecular formula is C13H9NO3S3.